The molecular formula is C17H37O3SSi. The molecule has 1 atom stereocenters. The van der Waals surface area contributed by atoms with E-state index in [9.17, 15) is 0 Å². The lowest BCUT2D eigenvalue weighted by Gasteiger charge is -2.31. The monoisotopic (exact) mass is 349 g/mol. The Kier molecular flexibility index (Phi) is 15.3. The summed E-state index contributed by atoms with van der Waals surface area (Å²) in [6, 6.07) is 0. The van der Waals surface area contributed by atoms with E-state index in [0.29, 0.717) is 4.87 Å². The molecule has 0 heterocycles. The molecule has 0 amide bonds. The molecule has 22 heavy (non-hydrogen) atoms. The Morgan fingerprint density at radius 3 is 1.77 bits per heavy atom. The SMILES string of the molecule is CCCCCCCCCC[CH]SC(CC)[Si](OC)(OC)OC. The normalized spacial score (nSPS) is 13.5. The quantitative estimate of drug-likeness (QED) is 0.267. The summed E-state index contributed by atoms with van der Waals surface area (Å²) < 4.78 is 16.8. The van der Waals surface area contributed by atoms with E-state index in [1.807, 2.05) is 11.8 Å². The summed E-state index contributed by atoms with van der Waals surface area (Å²) in [6.45, 7) is 4.44. The number of rotatable bonds is 16. The van der Waals surface area contributed by atoms with Gasteiger partial charge in [0.2, 0.25) is 0 Å². The Morgan fingerprint density at radius 2 is 1.32 bits per heavy atom. The van der Waals surface area contributed by atoms with Crippen LogP contribution >= 0.6 is 11.8 Å². The third-order valence-electron chi connectivity index (χ3n) is 4.05. The van der Waals surface area contributed by atoms with E-state index < -0.39 is 8.80 Å². The topological polar surface area (TPSA) is 27.7 Å². The van der Waals surface area contributed by atoms with Crippen LogP contribution in [0.25, 0.3) is 0 Å². The van der Waals surface area contributed by atoms with Gasteiger partial charge >= 0.3 is 8.80 Å². The summed E-state index contributed by atoms with van der Waals surface area (Å²) in [5.41, 5.74) is 0. The van der Waals surface area contributed by atoms with E-state index in [1.165, 1.54) is 51.4 Å². The summed E-state index contributed by atoms with van der Waals surface area (Å²) in [6.07, 6.45) is 13.1. The van der Waals surface area contributed by atoms with Gasteiger partial charge in [-0.3, -0.25) is 0 Å². The van der Waals surface area contributed by atoms with E-state index >= 15 is 0 Å². The minimum absolute atomic E-state index is 0.293. The number of unbranched alkanes of at least 4 members (excludes halogenated alkanes) is 8. The Balaban J connectivity index is 3.71. The van der Waals surface area contributed by atoms with Crippen molar-refractivity contribution in [2.45, 2.75) is 82.9 Å². The van der Waals surface area contributed by atoms with Crippen LogP contribution in [0.1, 0.15) is 78.1 Å². The first-order chi connectivity index (χ1) is 10.7. The van der Waals surface area contributed by atoms with Gasteiger partial charge in [-0.1, -0.05) is 65.2 Å². The molecule has 1 radical (unpaired) electrons. The highest BCUT2D eigenvalue weighted by molar-refractivity contribution is 8.03. The first-order valence-electron chi connectivity index (χ1n) is 8.83. The van der Waals surface area contributed by atoms with E-state index in [0.717, 1.165) is 12.8 Å². The van der Waals surface area contributed by atoms with Crippen LogP contribution in [-0.4, -0.2) is 35.0 Å². The van der Waals surface area contributed by atoms with Crippen molar-refractivity contribution in [3.8, 4) is 0 Å². The van der Waals surface area contributed by atoms with Gasteiger partial charge in [0, 0.05) is 27.1 Å². The predicted molar refractivity (Wildman–Crippen MR) is 100.0 cm³/mol. The first kappa shape index (κ1) is 22.4. The first-order valence-corrected chi connectivity index (χ1v) is 11.6. The van der Waals surface area contributed by atoms with Crippen LogP contribution in [0.15, 0.2) is 0 Å². The van der Waals surface area contributed by atoms with E-state index in [1.54, 1.807) is 21.3 Å². The Bertz CT molecular complexity index is 230. The smallest absolute Gasteiger partial charge is 0.376 e. The second-order valence-corrected chi connectivity index (χ2v) is 10.4. The molecule has 0 saturated carbocycles. The maximum absolute atomic E-state index is 5.59. The molecule has 0 aromatic rings. The van der Waals surface area contributed by atoms with Gasteiger partial charge in [0.15, 0.2) is 0 Å². The summed E-state index contributed by atoms with van der Waals surface area (Å²) in [4.78, 5) is 0.293. The maximum atomic E-state index is 5.59. The fourth-order valence-electron chi connectivity index (χ4n) is 2.62. The lowest BCUT2D eigenvalue weighted by molar-refractivity contribution is 0.121. The molecule has 133 valence electrons. The number of hydrogen-bond donors (Lipinski definition) is 0. The second kappa shape index (κ2) is 15.0. The van der Waals surface area contributed by atoms with Gasteiger partial charge in [0.05, 0.1) is 4.87 Å². The molecule has 0 fully saturated rings. The lowest BCUT2D eigenvalue weighted by Crippen LogP contribution is -2.52. The van der Waals surface area contributed by atoms with Crippen LogP contribution in [-0.2, 0) is 13.3 Å². The average Bonchev–Trinajstić information content (AvgIpc) is 2.56. The molecule has 0 N–H and O–H groups in total. The van der Waals surface area contributed by atoms with Crippen molar-refractivity contribution in [1.29, 1.82) is 0 Å². The summed E-state index contributed by atoms with van der Waals surface area (Å²) in [7, 11) is 2.58. The molecule has 0 aromatic heterocycles. The van der Waals surface area contributed by atoms with Gasteiger partial charge in [-0.15, -0.1) is 11.8 Å². The molecule has 0 saturated heterocycles. The molecule has 0 bridgehead atoms. The molecule has 0 spiro atoms. The van der Waals surface area contributed by atoms with Crippen LogP contribution in [0.3, 0.4) is 0 Å². The zero-order valence-corrected chi connectivity index (χ0v) is 17.2. The molecule has 0 aliphatic rings. The van der Waals surface area contributed by atoms with E-state index in [4.69, 9.17) is 13.3 Å². The van der Waals surface area contributed by atoms with Crippen molar-refractivity contribution in [2.24, 2.45) is 0 Å². The van der Waals surface area contributed by atoms with E-state index in [-0.39, 0.29) is 0 Å². The fourth-order valence-corrected chi connectivity index (χ4v) is 6.96. The third kappa shape index (κ3) is 8.92. The number of thioether (sulfide) groups is 1. The van der Waals surface area contributed by atoms with Gasteiger partial charge in [-0.05, 0) is 12.8 Å². The Hall–Kier alpha value is 0.447. The molecular weight excluding hydrogens is 312 g/mol. The van der Waals surface area contributed by atoms with Crippen LogP contribution in [0.2, 0.25) is 0 Å². The second-order valence-electron chi connectivity index (χ2n) is 5.68. The average molecular weight is 350 g/mol. The maximum Gasteiger partial charge on any atom is 0.513 e. The van der Waals surface area contributed by atoms with Crippen LogP contribution in [0.4, 0.5) is 0 Å². The molecule has 0 aliphatic heterocycles. The van der Waals surface area contributed by atoms with Crippen molar-refractivity contribution in [3.63, 3.8) is 0 Å². The highest BCUT2D eigenvalue weighted by Crippen LogP contribution is 2.30. The fraction of sp³-hybridized carbons (Fsp3) is 0.941. The largest absolute Gasteiger partial charge is 0.513 e. The summed E-state index contributed by atoms with van der Waals surface area (Å²) in [5.74, 6) is 2.32. The van der Waals surface area contributed by atoms with Gasteiger partial charge in [-0.2, -0.15) is 0 Å². The van der Waals surface area contributed by atoms with E-state index in [2.05, 4.69) is 19.6 Å². The van der Waals surface area contributed by atoms with Crippen LogP contribution in [0.5, 0.6) is 0 Å². The van der Waals surface area contributed by atoms with Gasteiger partial charge in [-0.25, -0.2) is 0 Å². The molecule has 3 nitrogen and oxygen atoms in total. The van der Waals surface area contributed by atoms with Crippen molar-refractivity contribution in [2.75, 3.05) is 21.3 Å². The molecule has 0 aromatic carbocycles. The van der Waals surface area contributed by atoms with Crippen molar-refractivity contribution in [1.82, 2.24) is 0 Å². The van der Waals surface area contributed by atoms with Gasteiger partial charge < -0.3 is 13.3 Å². The Labute approximate surface area is 144 Å². The highest BCUT2D eigenvalue weighted by atomic mass is 32.2. The van der Waals surface area contributed by atoms with Crippen LogP contribution in [0, 0.1) is 5.75 Å². The van der Waals surface area contributed by atoms with Crippen molar-refractivity contribution in [3.05, 3.63) is 5.75 Å². The van der Waals surface area contributed by atoms with Gasteiger partial charge in [0.1, 0.15) is 0 Å². The zero-order valence-electron chi connectivity index (χ0n) is 15.4. The van der Waals surface area contributed by atoms with Gasteiger partial charge in [0.25, 0.3) is 0 Å². The minimum atomic E-state index is -2.51. The highest BCUT2D eigenvalue weighted by Gasteiger charge is 2.46. The minimum Gasteiger partial charge on any atom is -0.376 e. The third-order valence-corrected chi connectivity index (χ3v) is 9.32. The number of hydrogen-bond acceptors (Lipinski definition) is 4. The van der Waals surface area contributed by atoms with Crippen molar-refractivity contribution < 1.29 is 13.3 Å². The van der Waals surface area contributed by atoms with Crippen molar-refractivity contribution >= 4 is 20.6 Å². The standard InChI is InChI=1S/C17H37O3SSi/c1-6-8-9-10-11-12-13-14-15-16-21-17(7-2)22(18-3,19-4)20-5/h16-17H,6-15H2,1-5H3. The molecule has 1 unspecified atom stereocenters. The Morgan fingerprint density at radius 1 is 0.818 bits per heavy atom. The zero-order chi connectivity index (χ0) is 16.7. The molecule has 0 rings (SSSR count). The molecule has 5 heteroatoms. The molecule has 0 aliphatic carbocycles. The summed E-state index contributed by atoms with van der Waals surface area (Å²) >= 11 is 1.84. The predicted octanol–water partition coefficient (Wildman–Crippen LogP) is 5.61. The lowest BCUT2D eigenvalue weighted by atomic mass is 10.1. The van der Waals surface area contributed by atoms with Crippen LogP contribution < -0.4 is 0 Å². The summed E-state index contributed by atoms with van der Waals surface area (Å²) in [5, 5.41) is 0.